The molecule has 0 aliphatic heterocycles. The van der Waals surface area contributed by atoms with Gasteiger partial charge < -0.3 is 4.74 Å². The molecule has 2 aromatic rings. The van der Waals surface area contributed by atoms with Crippen LogP contribution in [0, 0.1) is 0 Å². The van der Waals surface area contributed by atoms with Crippen LogP contribution in [0.5, 0.6) is 5.75 Å². The van der Waals surface area contributed by atoms with Gasteiger partial charge in [-0.2, -0.15) is 0 Å². The summed E-state index contributed by atoms with van der Waals surface area (Å²) in [6.45, 7) is 0. The molecule has 0 fully saturated rings. The van der Waals surface area contributed by atoms with Gasteiger partial charge in [0.25, 0.3) is 0 Å². The Morgan fingerprint density at radius 2 is 2.12 bits per heavy atom. The lowest BCUT2D eigenvalue weighted by molar-refractivity contribution is 0.0728. The minimum absolute atomic E-state index is 0.309. The molecule has 2 rings (SSSR count). The first-order valence-electron chi connectivity index (χ1n) is 4.45. The minimum atomic E-state index is -0.452. The summed E-state index contributed by atoms with van der Waals surface area (Å²) in [6, 6.07) is 8.92. The summed E-state index contributed by atoms with van der Waals surface area (Å²) < 4.78 is 9.61. The van der Waals surface area contributed by atoms with E-state index >= 15 is 0 Å². The molecule has 4 nitrogen and oxygen atoms in total. The second-order valence-electron chi connectivity index (χ2n) is 2.88. The second kappa shape index (κ2) is 5.35. The highest BCUT2D eigenvalue weighted by atomic mass is 127. The summed E-state index contributed by atoms with van der Waals surface area (Å²) in [5, 5.41) is 3.77. The van der Waals surface area contributed by atoms with Gasteiger partial charge in [-0.25, -0.2) is 4.79 Å². The third kappa shape index (κ3) is 2.56. The maximum absolute atomic E-state index is 11.7. The van der Waals surface area contributed by atoms with Crippen LogP contribution in [0.3, 0.4) is 0 Å². The highest BCUT2D eigenvalue weighted by molar-refractivity contribution is 14.1. The molecular formula is C10H7IN2O2S. The van der Waals surface area contributed by atoms with Crippen LogP contribution in [0.4, 0.5) is 0 Å². The van der Waals surface area contributed by atoms with Crippen molar-refractivity contribution in [2.24, 2.45) is 0 Å². The number of rotatable bonds is 3. The molecule has 0 bridgehead atoms. The van der Waals surface area contributed by atoms with Crippen molar-refractivity contribution < 1.29 is 9.53 Å². The molecule has 0 atom stereocenters. The van der Waals surface area contributed by atoms with Gasteiger partial charge in [0.15, 0.2) is 5.69 Å². The number of para-hydroxylation sites is 1. The Balaban J connectivity index is 2.15. The van der Waals surface area contributed by atoms with Crippen LogP contribution < -0.4 is 4.74 Å². The van der Waals surface area contributed by atoms with Gasteiger partial charge >= 0.3 is 5.97 Å². The van der Waals surface area contributed by atoms with Gasteiger partial charge in [0.1, 0.15) is 5.75 Å². The number of esters is 1. The van der Waals surface area contributed by atoms with Crippen LogP contribution in [0.15, 0.2) is 30.3 Å². The number of hydrogen-bond donors (Lipinski definition) is 0. The quantitative estimate of drug-likeness (QED) is 0.371. The molecule has 0 unspecified atom stereocenters. The molecule has 0 saturated heterocycles. The van der Waals surface area contributed by atoms with E-state index in [1.165, 1.54) is 11.5 Å². The van der Waals surface area contributed by atoms with E-state index in [0.29, 0.717) is 15.9 Å². The SMILES string of the molecule is O=C(Oc1ccccc1)c1nnsc1CI. The zero-order valence-electron chi connectivity index (χ0n) is 8.09. The Hall–Kier alpha value is -1.02. The van der Waals surface area contributed by atoms with Crippen LogP contribution in [0.25, 0.3) is 0 Å². The standard InChI is InChI=1S/C10H7IN2O2S/c11-6-8-9(12-13-16-8)10(14)15-7-4-2-1-3-5-7/h1-5H,6H2. The topological polar surface area (TPSA) is 52.1 Å². The van der Waals surface area contributed by atoms with Crippen LogP contribution in [0.2, 0.25) is 0 Å². The zero-order valence-corrected chi connectivity index (χ0v) is 11.1. The number of hydrogen-bond acceptors (Lipinski definition) is 5. The summed E-state index contributed by atoms with van der Waals surface area (Å²) in [7, 11) is 0. The first-order valence-corrected chi connectivity index (χ1v) is 6.75. The number of aromatic nitrogens is 2. The third-order valence-electron chi connectivity index (χ3n) is 1.82. The van der Waals surface area contributed by atoms with E-state index in [2.05, 4.69) is 32.2 Å². The lowest BCUT2D eigenvalue weighted by atomic mass is 10.3. The minimum Gasteiger partial charge on any atom is -0.422 e. The number of alkyl halides is 1. The molecule has 1 aromatic carbocycles. The first-order chi connectivity index (χ1) is 7.81. The van der Waals surface area contributed by atoms with E-state index in [1.807, 2.05) is 6.07 Å². The Morgan fingerprint density at radius 3 is 2.81 bits per heavy atom. The number of ether oxygens (including phenoxy) is 1. The van der Waals surface area contributed by atoms with Crippen LogP contribution in [-0.2, 0) is 4.43 Å². The normalized spacial score (nSPS) is 10.1. The van der Waals surface area contributed by atoms with Crippen molar-refractivity contribution in [3.63, 3.8) is 0 Å². The first kappa shape index (κ1) is 11.5. The van der Waals surface area contributed by atoms with Gasteiger partial charge in [0, 0.05) is 4.43 Å². The maximum atomic E-state index is 11.7. The average molecular weight is 346 g/mol. The fraction of sp³-hybridized carbons (Fsp3) is 0.100. The molecule has 1 heterocycles. The third-order valence-corrected chi connectivity index (χ3v) is 3.83. The van der Waals surface area contributed by atoms with Gasteiger partial charge in [-0.15, -0.1) is 5.10 Å². The fourth-order valence-corrected chi connectivity index (χ4v) is 2.36. The number of nitrogens with zero attached hydrogens (tertiary/aromatic N) is 2. The molecule has 82 valence electrons. The molecule has 0 saturated carbocycles. The zero-order chi connectivity index (χ0) is 11.4. The van der Waals surface area contributed by atoms with Crippen molar-refractivity contribution in [2.75, 3.05) is 0 Å². The Bertz CT molecular complexity index is 487. The van der Waals surface area contributed by atoms with Crippen molar-refractivity contribution in [1.29, 1.82) is 0 Å². The summed E-state index contributed by atoms with van der Waals surface area (Å²) in [6.07, 6.45) is 0. The van der Waals surface area contributed by atoms with Crippen molar-refractivity contribution in [1.82, 2.24) is 9.59 Å². The van der Waals surface area contributed by atoms with Gasteiger partial charge in [-0.05, 0) is 23.7 Å². The molecule has 0 aliphatic rings. The monoisotopic (exact) mass is 346 g/mol. The van der Waals surface area contributed by atoms with E-state index in [-0.39, 0.29) is 0 Å². The molecule has 6 heteroatoms. The van der Waals surface area contributed by atoms with Crippen molar-refractivity contribution in [2.45, 2.75) is 4.43 Å². The summed E-state index contributed by atoms with van der Waals surface area (Å²) in [4.78, 5) is 12.6. The number of carbonyl (C=O) groups excluding carboxylic acids is 1. The van der Waals surface area contributed by atoms with Crippen LogP contribution >= 0.6 is 34.1 Å². The van der Waals surface area contributed by atoms with Gasteiger partial charge in [-0.3, -0.25) is 0 Å². The summed E-state index contributed by atoms with van der Waals surface area (Å²) in [5.41, 5.74) is 0.309. The second-order valence-corrected chi connectivity index (χ2v) is 4.48. The molecule has 0 aliphatic carbocycles. The van der Waals surface area contributed by atoms with Gasteiger partial charge in [-0.1, -0.05) is 45.3 Å². The number of benzene rings is 1. The Morgan fingerprint density at radius 1 is 1.38 bits per heavy atom. The van der Waals surface area contributed by atoms with E-state index in [4.69, 9.17) is 4.74 Å². The van der Waals surface area contributed by atoms with Gasteiger partial charge in [0.05, 0.1) is 4.88 Å². The van der Waals surface area contributed by atoms with E-state index < -0.39 is 5.97 Å². The van der Waals surface area contributed by atoms with Crippen molar-refractivity contribution in [3.05, 3.63) is 40.9 Å². The molecule has 0 N–H and O–H groups in total. The molecule has 16 heavy (non-hydrogen) atoms. The Kier molecular flexibility index (Phi) is 3.83. The lowest BCUT2D eigenvalue weighted by Crippen LogP contribution is -2.10. The van der Waals surface area contributed by atoms with E-state index in [1.54, 1.807) is 24.3 Å². The van der Waals surface area contributed by atoms with Crippen LogP contribution in [0.1, 0.15) is 15.4 Å². The molecule has 0 spiro atoms. The average Bonchev–Trinajstić information content (AvgIpc) is 2.78. The van der Waals surface area contributed by atoms with Crippen molar-refractivity contribution in [3.8, 4) is 5.75 Å². The van der Waals surface area contributed by atoms with Crippen LogP contribution in [-0.4, -0.2) is 15.6 Å². The highest BCUT2D eigenvalue weighted by Gasteiger charge is 2.17. The van der Waals surface area contributed by atoms with E-state index in [0.717, 1.165) is 4.88 Å². The molecule has 1 aromatic heterocycles. The molecule has 0 amide bonds. The molecule has 0 radical (unpaired) electrons. The van der Waals surface area contributed by atoms with E-state index in [9.17, 15) is 4.79 Å². The van der Waals surface area contributed by atoms with Crippen molar-refractivity contribution >= 4 is 40.1 Å². The summed E-state index contributed by atoms with van der Waals surface area (Å²) in [5.74, 6) is 0.0616. The lowest BCUT2D eigenvalue weighted by Gasteiger charge is -2.01. The Labute approximate surface area is 110 Å². The largest absolute Gasteiger partial charge is 0.422 e. The molecular weight excluding hydrogens is 339 g/mol. The highest BCUT2D eigenvalue weighted by Crippen LogP contribution is 2.17. The maximum Gasteiger partial charge on any atom is 0.365 e. The smallest absolute Gasteiger partial charge is 0.365 e. The predicted octanol–water partition coefficient (Wildman–Crippen LogP) is 2.69. The number of carbonyl (C=O) groups is 1. The number of halogens is 1. The fourth-order valence-electron chi connectivity index (χ4n) is 1.10. The van der Waals surface area contributed by atoms with Gasteiger partial charge in [0.2, 0.25) is 0 Å². The predicted molar refractivity (Wildman–Crippen MR) is 69.0 cm³/mol. The summed E-state index contributed by atoms with van der Waals surface area (Å²) >= 11 is 3.38.